The number of hydrogen-bond donors (Lipinski definition) is 1. The molecule has 1 aliphatic heterocycles. The minimum absolute atomic E-state index is 0.190. The fraction of sp³-hybridized carbons (Fsp3) is 0.478. The Kier molecular flexibility index (Phi) is 6.69. The Morgan fingerprint density at radius 2 is 2.03 bits per heavy atom. The molecule has 2 aromatic rings. The highest BCUT2D eigenvalue weighted by molar-refractivity contribution is 5.67. The van der Waals surface area contributed by atoms with Crippen molar-refractivity contribution in [2.24, 2.45) is 11.8 Å². The van der Waals surface area contributed by atoms with Crippen LogP contribution in [0.1, 0.15) is 31.2 Å². The quantitative estimate of drug-likeness (QED) is 0.700. The molecule has 4 rings (SSSR count). The Bertz CT molecular complexity index is 998. The lowest BCUT2D eigenvalue weighted by Crippen LogP contribution is -2.41. The van der Waals surface area contributed by atoms with Gasteiger partial charge in [0.25, 0.3) is 0 Å². The molecule has 1 aromatic heterocycles. The number of hydrogen-bond acceptors (Lipinski definition) is 7. The Labute approximate surface area is 187 Å². The minimum atomic E-state index is -0.514. The fourth-order valence-corrected chi connectivity index (χ4v) is 3.79. The van der Waals surface area contributed by atoms with Gasteiger partial charge in [0, 0.05) is 32.7 Å². The smallest absolute Gasteiger partial charge is 0.409 e. The molecule has 1 saturated heterocycles. The molecule has 2 fully saturated rings. The summed E-state index contributed by atoms with van der Waals surface area (Å²) in [6.07, 6.45) is 5.42. The summed E-state index contributed by atoms with van der Waals surface area (Å²) in [6, 6.07) is 7.93. The van der Waals surface area contributed by atoms with Crippen molar-refractivity contribution in [1.82, 2.24) is 14.9 Å². The van der Waals surface area contributed by atoms with Crippen LogP contribution in [-0.4, -0.2) is 54.2 Å². The predicted molar refractivity (Wildman–Crippen MR) is 118 cm³/mol. The van der Waals surface area contributed by atoms with Gasteiger partial charge in [0.15, 0.2) is 0 Å². The largest absolute Gasteiger partial charge is 0.449 e. The van der Waals surface area contributed by atoms with Crippen LogP contribution in [0.3, 0.4) is 0 Å². The van der Waals surface area contributed by atoms with Crippen molar-refractivity contribution >= 4 is 23.4 Å². The van der Waals surface area contributed by atoms with Crippen molar-refractivity contribution in [2.45, 2.75) is 25.7 Å². The van der Waals surface area contributed by atoms with E-state index >= 15 is 0 Å². The molecule has 1 aliphatic carbocycles. The Morgan fingerprint density at radius 3 is 2.72 bits per heavy atom. The number of benzene rings is 1. The summed E-state index contributed by atoms with van der Waals surface area (Å²) in [5.41, 5.74) is 0.510. The second kappa shape index (κ2) is 9.81. The number of ether oxygens (including phenoxy) is 1. The van der Waals surface area contributed by atoms with E-state index in [0.29, 0.717) is 37.4 Å². The average Bonchev–Trinajstić information content (AvgIpc) is 3.64. The molecule has 1 aromatic carbocycles. The number of carbonyl (C=O) groups is 1. The fourth-order valence-electron chi connectivity index (χ4n) is 3.79. The molecule has 0 spiro atoms. The number of nitrogens with zero attached hydrogens (tertiary/aromatic N) is 5. The molecular weight excluding hydrogens is 411 g/mol. The van der Waals surface area contributed by atoms with Gasteiger partial charge < -0.3 is 19.9 Å². The van der Waals surface area contributed by atoms with Gasteiger partial charge in [0.05, 0.1) is 23.9 Å². The van der Waals surface area contributed by atoms with Crippen molar-refractivity contribution in [2.75, 3.05) is 43.5 Å². The molecule has 8 nitrogen and oxygen atoms in total. The lowest BCUT2D eigenvalue weighted by atomic mass is 9.96. The Hall–Kier alpha value is -3.41. The molecule has 168 valence electrons. The van der Waals surface area contributed by atoms with Crippen molar-refractivity contribution in [3.8, 4) is 6.07 Å². The zero-order chi connectivity index (χ0) is 22.5. The second-order valence-corrected chi connectivity index (χ2v) is 8.52. The molecule has 0 unspecified atom stereocenters. The first-order valence-electron chi connectivity index (χ1n) is 10.9. The zero-order valence-corrected chi connectivity index (χ0v) is 18.1. The van der Waals surface area contributed by atoms with E-state index in [1.807, 2.05) is 18.0 Å². The summed E-state index contributed by atoms with van der Waals surface area (Å²) in [4.78, 5) is 24.5. The van der Waals surface area contributed by atoms with Gasteiger partial charge >= 0.3 is 6.09 Å². The molecule has 9 heteroatoms. The summed E-state index contributed by atoms with van der Waals surface area (Å²) < 4.78 is 19.6. The van der Waals surface area contributed by atoms with Crippen LogP contribution in [0.4, 0.5) is 26.5 Å². The Balaban J connectivity index is 1.29. The molecule has 2 aliphatic rings. The first-order chi connectivity index (χ1) is 15.5. The maximum atomic E-state index is 14.2. The summed E-state index contributed by atoms with van der Waals surface area (Å²) in [7, 11) is 1.96. The van der Waals surface area contributed by atoms with Gasteiger partial charge in [-0.25, -0.2) is 19.2 Å². The van der Waals surface area contributed by atoms with Crippen LogP contribution in [0, 0.1) is 29.0 Å². The van der Waals surface area contributed by atoms with Crippen LogP contribution in [0.15, 0.2) is 30.6 Å². The van der Waals surface area contributed by atoms with E-state index in [-0.39, 0.29) is 17.3 Å². The van der Waals surface area contributed by atoms with Crippen LogP contribution in [0.5, 0.6) is 0 Å². The number of nitriles is 1. The van der Waals surface area contributed by atoms with Crippen molar-refractivity contribution in [3.63, 3.8) is 0 Å². The van der Waals surface area contributed by atoms with E-state index in [2.05, 4.69) is 15.3 Å². The van der Waals surface area contributed by atoms with Gasteiger partial charge in [0.2, 0.25) is 0 Å². The van der Waals surface area contributed by atoms with E-state index < -0.39 is 5.82 Å². The summed E-state index contributed by atoms with van der Waals surface area (Å²) in [6.45, 7) is 2.76. The molecular formula is C23H27FN6O2. The molecule has 0 atom stereocenters. The number of halogens is 1. The molecule has 1 N–H and O–H groups in total. The van der Waals surface area contributed by atoms with Crippen LogP contribution in [0.2, 0.25) is 0 Å². The number of likely N-dealkylation sites (tertiary alicyclic amines) is 1. The highest BCUT2D eigenvalue weighted by atomic mass is 19.1. The van der Waals surface area contributed by atoms with Crippen LogP contribution in [-0.2, 0) is 4.74 Å². The van der Waals surface area contributed by atoms with E-state index in [1.165, 1.54) is 31.3 Å². The summed E-state index contributed by atoms with van der Waals surface area (Å²) in [5, 5.41) is 11.8. The zero-order valence-electron chi connectivity index (χ0n) is 18.1. The summed E-state index contributed by atoms with van der Waals surface area (Å²) >= 11 is 0. The van der Waals surface area contributed by atoms with Gasteiger partial charge in [-0.05, 0) is 55.7 Å². The van der Waals surface area contributed by atoms with E-state index in [4.69, 9.17) is 10.00 Å². The van der Waals surface area contributed by atoms with Crippen LogP contribution < -0.4 is 10.2 Å². The number of carbonyl (C=O) groups excluding carboxylic acids is 1. The normalized spacial score (nSPS) is 16.3. The second-order valence-electron chi connectivity index (χ2n) is 8.52. The number of nitrogens with one attached hydrogen (secondary N) is 1. The molecule has 2 heterocycles. The van der Waals surface area contributed by atoms with E-state index in [0.717, 1.165) is 25.2 Å². The lowest BCUT2D eigenvalue weighted by Gasteiger charge is -2.33. The maximum Gasteiger partial charge on any atom is 0.409 e. The monoisotopic (exact) mass is 438 g/mol. The van der Waals surface area contributed by atoms with Crippen molar-refractivity contribution in [3.05, 3.63) is 42.0 Å². The molecule has 32 heavy (non-hydrogen) atoms. The van der Waals surface area contributed by atoms with Crippen molar-refractivity contribution in [1.29, 1.82) is 5.26 Å². The Morgan fingerprint density at radius 1 is 1.25 bits per heavy atom. The first-order valence-corrected chi connectivity index (χ1v) is 10.9. The topological polar surface area (TPSA) is 94.4 Å². The molecule has 1 saturated carbocycles. The molecule has 0 radical (unpaired) electrons. The third kappa shape index (κ3) is 5.63. The van der Waals surface area contributed by atoms with Gasteiger partial charge in [0.1, 0.15) is 23.8 Å². The lowest BCUT2D eigenvalue weighted by molar-refractivity contribution is 0.0847. The third-order valence-corrected chi connectivity index (χ3v) is 5.95. The number of rotatable bonds is 7. The third-order valence-electron chi connectivity index (χ3n) is 5.95. The van der Waals surface area contributed by atoms with Crippen LogP contribution >= 0.6 is 0 Å². The predicted octanol–water partition coefficient (Wildman–Crippen LogP) is 3.93. The standard InChI is InChI=1S/C23H27FN6O2/c1-29(13-16-6-8-30(9-7-16)23(31)32-14-17-2-3-17)22-11-21(26-15-27-22)28-20-5-4-18(12-25)10-19(20)24/h4-5,10-11,15-17H,2-3,6-9,13-14H2,1H3,(H,26,27,28). The molecule has 1 amide bonds. The average molecular weight is 439 g/mol. The van der Waals surface area contributed by atoms with Crippen molar-refractivity contribution < 1.29 is 13.9 Å². The SMILES string of the molecule is CN(CC1CCN(C(=O)OCC2CC2)CC1)c1cc(Nc2ccc(C#N)cc2F)ncn1. The number of aromatic nitrogens is 2. The van der Waals surface area contributed by atoms with E-state index in [1.54, 1.807) is 17.0 Å². The van der Waals surface area contributed by atoms with E-state index in [9.17, 15) is 9.18 Å². The highest BCUT2D eigenvalue weighted by Crippen LogP contribution is 2.29. The summed E-state index contributed by atoms with van der Waals surface area (Å²) in [5.74, 6) is 1.70. The van der Waals surface area contributed by atoms with Gasteiger partial charge in [-0.3, -0.25) is 0 Å². The van der Waals surface area contributed by atoms with Gasteiger partial charge in [-0.2, -0.15) is 5.26 Å². The number of piperidine rings is 1. The van der Waals surface area contributed by atoms with Gasteiger partial charge in [-0.15, -0.1) is 0 Å². The maximum absolute atomic E-state index is 14.2. The number of anilines is 3. The number of amides is 1. The highest BCUT2D eigenvalue weighted by Gasteiger charge is 2.27. The minimum Gasteiger partial charge on any atom is -0.449 e. The molecule has 0 bridgehead atoms. The van der Waals surface area contributed by atoms with Crippen LogP contribution in [0.25, 0.3) is 0 Å². The first kappa shape index (κ1) is 21.8. The van der Waals surface area contributed by atoms with Gasteiger partial charge in [-0.1, -0.05) is 0 Å².